The van der Waals surface area contributed by atoms with Crippen molar-refractivity contribution in [1.29, 1.82) is 0 Å². The Hall–Kier alpha value is -1.07. The Kier molecular flexibility index (Phi) is 4.22. The number of nitrogens with zero attached hydrogens (tertiary/aromatic N) is 1. The fraction of sp³-hybridized carbons (Fsp3) is 0.533. The number of halogens is 1. The number of oxime groups is 1. The molecule has 0 N–H and O–H groups in total. The molecule has 21 heavy (non-hydrogen) atoms. The molecule has 0 saturated carbocycles. The molecule has 1 aromatic carbocycles. The summed E-state index contributed by atoms with van der Waals surface area (Å²) in [5.74, 6) is 2.99. The summed E-state index contributed by atoms with van der Waals surface area (Å²) in [5, 5.41) is 5.12. The summed E-state index contributed by atoms with van der Waals surface area (Å²) in [4.78, 5) is 5.40. The summed E-state index contributed by atoms with van der Waals surface area (Å²) >= 11 is 7.59. The van der Waals surface area contributed by atoms with E-state index in [1.807, 2.05) is 13.0 Å². The van der Waals surface area contributed by atoms with Crippen LogP contribution in [0.1, 0.15) is 24.5 Å². The molecule has 0 aromatic heterocycles. The third-order valence-corrected chi connectivity index (χ3v) is 5.21. The Bertz CT molecular complexity index is 578. The second-order valence-electron chi connectivity index (χ2n) is 5.50. The molecule has 4 nitrogen and oxygen atoms in total. The van der Waals surface area contributed by atoms with E-state index in [1.165, 1.54) is 5.56 Å². The number of benzene rings is 1. The number of fused-ring (bicyclic) bond motifs is 1. The van der Waals surface area contributed by atoms with Crippen molar-refractivity contribution >= 4 is 28.4 Å². The molecule has 2 heterocycles. The monoisotopic (exact) mass is 327 g/mol. The van der Waals surface area contributed by atoms with Crippen LogP contribution >= 0.6 is 23.4 Å². The molecule has 1 unspecified atom stereocenters. The van der Waals surface area contributed by atoms with E-state index in [4.69, 9.17) is 25.9 Å². The molecule has 6 heteroatoms. The lowest BCUT2D eigenvalue weighted by atomic mass is 10.1. The first-order valence-corrected chi connectivity index (χ1v) is 8.45. The average molecular weight is 328 g/mol. The van der Waals surface area contributed by atoms with Gasteiger partial charge in [-0.05, 0) is 31.0 Å². The second kappa shape index (κ2) is 5.97. The standard InChI is InChI=1S/C15H18ClNO3S/c1-10-11(3-4-12-14(10)19-6-5-18-12)8-21-13-7-15(2,9-16)20-17-13/h3-4H,5-9H2,1-2H3. The lowest BCUT2D eigenvalue weighted by molar-refractivity contribution is 0.0152. The minimum absolute atomic E-state index is 0.355. The third kappa shape index (κ3) is 3.09. The first-order valence-electron chi connectivity index (χ1n) is 6.93. The summed E-state index contributed by atoms with van der Waals surface area (Å²) in [6.45, 7) is 5.27. The molecule has 0 fully saturated rings. The summed E-state index contributed by atoms with van der Waals surface area (Å²) in [7, 11) is 0. The van der Waals surface area contributed by atoms with Crippen molar-refractivity contribution in [3.05, 3.63) is 23.3 Å². The number of thioether (sulfide) groups is 1. The van der Waals surface area contributed by atoms with Gasteiger partial charge in [-0.25, -0.2) is 0 Å². The van der Waals surface area contributed by atoms with Crippen molar-refractivity contribution in [3.8, 4) is 11.5 Å². The van der Waals surface area contributed by atoms with Crippen LogP contribution < -0.4 is 9.47 Å². The highest BCUT2D eigenvalue weighted by Gasteiger charge is 2.33. The van der Waals surface area contributed by atoms with E-state index < -0.39 is 0 Å². The van der Waals surface area contributed by atoms with Crippen molar-refractivity contribution in [1.82, 2.24) is 0 Å². The molecule has 1 atom stereocenters. The smallest absolute Gasteiger partial charge is 0.164 e. The van der Waals surface area contributed by atoms with Crippen molar-refractivity contribution < 1.29 is 14.3 Å². The van der Waals surface area contributed by atoms with Crippen molar-refractivity contribution in [2.24, 2.45) is 5.16 Å². The van der Waals surface area contributed by atoms with E-state index in [0.29, 0.717) is 19.1 Å². The minimum atomic E-state index is -0.355. The molecule has 0 radical (unpaired) electrons. The van der Waals surface area contributed by atoms with E-state index in [-0.39, 0.29) is 5.60 Å². The maximum atomic E-state index is 5.90. The van der Waals surface area contributed by atoms with Gasteiger partial charge in [0, 0.05) is 12.2 Å². The molecule has 2 aliphatic rings. The number of ether oxygens (including phenoxy) is 2. The number of hydrogen-bond acceptors (Lipinski definition) is 5. The number of hydrogen-bond donors (Lipinski definition) is 0. The molecular formula is C15H18ClNO3S. The normalized spacial score (nSPS) is 23.7. The molecule has 0 amide bonds. The summed E-state index contributed by atoms with van der Waals surface area (Å²) in [6, 6.07) is 4.07. The van der Waals surface area contributed by atoms with Gasteiger partial charge in [-0.3, -0.25) is 0 Å². The lowest BCUT2D eigenvalue weighted by Crippen LogP contribution is -2.26. The van der Waals surface area contributed by atoms with E-state index in [9.17, 15) is 0 Å². The van der Waals surface area contributed by atoms with E-state index >= 15 is 0 Å². The van der Waals surface area contributed by atoms with Crippen LogP contribution in [0, 0.1) is 6.92 Å². The van der Waals surface area contributed by atoms with E-state index in [1.54, 1.807) is 11.8 Å². The van der Waals surface area contributed by atoms with Gasteiger partial charge >= 0.3 is 0 Å². The van der Waals surface area contributed by atoms with Gasteiger partial charge in [-0.15, -0.1) is 23.4 Å². The fourth-order valence-corrected chi connectivity index (χ4v) is 3.58. The van der Waals surface area contributed by atoms with Gasteiger partial charge in [-0.2, -0.15) is 0 Å². The Morgan fingerprint density at radius 3 is 2.90 bits per heavy atom. The van der Waals surface area contributed by atoms with Crippen molar-refractivity contribution in [2.75, 3.05) is 19.1 Å². The Labute approximate surface area is 133 Å². The van der Waals surface area contributed by atoms with E-state index in [2.05, 4.69) is 18.1 Å². The van der Waals surface area contributed by atoms with Crippen LogP contribution in [0.2, 0.25) is 0 Å². The van der Waals surface area contributed by atoms with Crippen LogP contribution in [0.5, 0.6) is 11.5 Å². The average Bonchev–Trinajstić information content (AvgIpc) is 2.89. The van der Waals surface area contributed by atoms with Gasteiger partial charge in [0.25, 0.3) is 0 Å². The van der Waals surface area contributed by atoms with Crippen molar-refractivity contribution in [2.45, 2.75) is 31.6 Å². The SMILES string of the molecule is Cc1c(CSC2=NOC(C)(CCl)C2)ccc2c1OCCO2. The van der Waals surface area contributed by atoms with Crippen LogP contribution in [-0.2, 0) is 10.6 Å². The molecule has 114 valence electrons. The molecule has 0 aliphatic carbocycles. The van der Waals surface area contributed by atoms with Gasteiger partial charge in [0.1, 0.15) is 18.3 Å². The first-order chi connectivity index (χ1) is 10.1. The Morgan fingerprint density at radius 2 is 2.14 bits per heavy atom. The minimum Gasteiger partial charge on any atom is -0.486 e. The maximum absolute atomic E-state index is 5.90. The highest BCUT2D eigenvalue weighted by atomic mass is 35.5. The molecule has 0 bridgehead atoms. The van der Waals surface area contributed by atoms with Gasteiger partial charge in [0.15, 0.2) is 17.1 Å². The van der Waals surface area contributed by atoms with Crippen molar-refractivity contribution in [3.63, 3.8) is 0 Å². The maximum Gasteiger partial charge on any atom is 0.164 e. The Morgan fingerprint density at radius 1 is 1.33 bits per heavy atom. The largest absolute Gasteiger partial charge is 0.486 e. The predicted molar refractivity (Wildman–Crippen MR) is 85.7 cm³/mol. The lowest BCUT2D eigenvalue weighted by Gasteiger charge is -2.21. The molecule has 2 aliphatic heterocycles. The van der Waals surface area contributed by atoms with Crippen LogP contribution in [0.25, 0.3) is 0 Å². The zero-order valence-corrected chi connectivity index (χ0v) is 13.7. The fourth-order valence-electron chi connectivity index (χ4n) is 2.31. The van der Waals surface area contributed by atoms with Crippen LogP contribution in [0.15, 0.2) is 17.3 Å². The predicted octanol–water partition coefficient (Wildman–Crippen LogP) is 3.73. The number of alkyl halides is 1. The molecule has 0 saturated heterocycles. The van der Waals surface area contributed by atoms with Crippen LogP contribution in [-0.4, -0.2) is 29.7 Å². The zero-order chi connectivity index (χ0) is 14.9. The Balaban J connectivity index is 1.67. The third-order valence-electron chi connectivity index (χ3n) is 3.64. The van der Waals surface area contributed by atoms with Crippen LogP contribution in [0.4, 0.5) is 0 Å². The highest BCUT2D eigenvalue weighted by molar-refractivity contribution is 8.13. The van der Waals surface area contributed by atoms with Crippen LogP contribution in [0.3, 0.4) is 0 Å². The van der Waals surface area contributed by atoms with Gasteiger partial charge in [0.2, 0.25) is 0 Å². The second-order valence-corrected chi connectivity index (χ2v) is 6.82. The zero-order valence-electron chi connectivity index (χ0n) is 12.1. The molecule has 1 aromatic rings. The highest BCUT2D eigenvalue weighted by Crippen LogP contribution is 2.37. The first kappa shape index (κ1) is 14.9. The summed E-state index contributed by atoms with van der Waals surface area (Å²) in [6.07, 6.45) is 0.769. The number of rotatable bonds is 3. The van der Waals surface area contributed by atoms with Gasteiger partial charge in [-0.1, -0.05) is 11.2 Å². The van der Waals surface area contributed by atoms with Gasteiger partial charge in [0.05, 0.1) is 5.88 Å². The quantitative estimate of drug-likeness (QED) is 0.793. The molecule has 3 rings (SSSR count). The molecular weight excluding hydrogens is 310 g/mol. The topological polar surface area (TPSA) is 40.0 Å². The summed E-state index contributed by atoms with van der Waals surface area (Å²) < 4.78 is 11.3. The molecule has 0 spiro atoms. The van der Waals surface area contributed by atoms with E-state index in [0.717, 1.165) is 34.3 Å². The van der Waals surface area contributed by atoms with Gasteiger partial charge < -0.3 is 14.3 Å². The summed E-state index contributed by atoms with van der Waals surface area (Å²) in [5.41, 5.74) is 2.01.